The molecule has 2 rings (SSSR count). The molecular formula is C16H19NO6. The number of nitrogens with one attached hydrogen (secondary N) is 1. The number of aliphatic carboxylic acids is 1. The van der Waals surface area contributed by atoms with E-state index in [-0.39, 0.29) is 5.56 Å². The molecule has 0 heterocycles. The highest BCUT2D eigenvalue weighted by Crippen LogP contribution is 2.58. The van der Waals surface area contributed by atoms with E-state index < -0.39 is 35.1 Å². The van der Waals surface area contributed by atoms with Crippen molar-refractivity contribution in [2.75, 3.05) is 19.5 Å². The monoisotopic (exact) mass is 321 g/mol. The van der Waals surface area contributed by atoms with Crippen LogP contribution in [0.25, 0.3) is 0 Å². The first-order chi connectivity index (χ1) is 10.7. The molecule has 124 valence electrons. The summed E-state index contributed by atoms with van der Waals surface area (Å²) in [6.45, 7) is 3.47. The average Bonchev–Trinajstić information content (AvgIpc) is 3.09. The van der Waals surface area contributed by atoms with E-state index in [1.807, 2.05) is 0 Å². The zero-order valence-electron chi connectivity index (χ0n) is 13.4. The molecule has 0 spiro atoms. The Morgan fingerprint density at radius 1 is 1.17 bits per heavy atom. The number of hydrogen-bond donors (Lipinski definition) is 2. The van der Waals surface area contributed by atoms with E-state index in [0.29, 0.717) is 11.4 Å². The minimum Gasteiger partial charge on any atom is -0.495 e. The summed E-state index contributed by atoms with van der Waals surface area (Å²) in [5.41, 5.74) is -0.0518. The summed E-state index contributed by atoms with van der Waals surface area (Å²) in [5, 5.41) is 11.8. The SMILES string of the molecule is COC(=O)c1ccc(OC)c(NC(=O)[C@H]2[C@@H](C(=O)O)C2(C)C)c1. The Labute approximate surface area is 133 Å². The highest BCUT2D eigenvalue weighted by molar-refractivity contribution is 6.01. The zero-order chi connectivity index (χ0) is 17.4. The number of benzene rings is 1. The predicted molar refractivity (Wildman–Crippen MR) is 81.4 cm³/mol. The van der Waals surface area contributed by atoms with Crippen molar-refractivity contribution in [2.45, 2.75) is 13.8 Å². The number of methoxy groups -OCH3 is 2. The standard InChI is InChI=1S/C16H19NO6/c1-16(2)11(12(16)14(19)20)13(18)17-9-7-8(15(21)23-4)5-6-10(9)22-3/h5-7,11-12H,1-4H3,(H,17,18)(H,19,20)/t11-,12+/m1/s1. The Hall–Kier alpha value is -2.57. The van der Waals surface area contributed by atoms with Crippen LogP contribution >= 0.6 is 0 Å². The minimum atomic E-state index is -0.995. The van der Waals surface area contributed by atoms with Gasteiger partial charge in [-0.3, -0.25) is 9.59 Å². The normalized spacial score (nSPS) is 21.2. The van der Waals surface area contributed by atoms with Crippen LogP contribution in [0, 0.1) is 17.3 Å². The van der Waals surface area contributed by atoms with Crippen molar-refractivity contribution in [3.8, 4) is 5.75 Å². The van der Waals surface area contributed by atoms with Crippen LogP contribution < -0.4 is 10.1 Å². The summed E-state index contributed by atoms with van der Waals surface area (Å²) in [6.07, 6.45) is 0. The van der Waals surface area contributed by atoms with Gasteiger partial charge >= 0.3 is 11.9 Å². The van der Waals surface area contributed by atoms with E-state index in [1.54, 1.807) is 13.8 Å². The first-order valence-electron chi connectivity index (χ1n) is 7.04. The minimum absolute atomic E-state index is 0.258. The predicted octanol–water partition coefficient (Wildman–Crippen LogP) is 1.78. The molecule has 1 fully saturated rings. The van der Waals surface area contributed by atoms with E-state index in [4.69, 9.17) is 9.84 Å². The van der Waals surface area contributed by atoms with Gasteiger partial charge < -0.3 is 19.9 Å². The molecule has 1 amide bonds. The molecule has 1 aliphatic rings. The van der Waals surface area contributed by atoms with Crippen molar-refractivity contribution in [3.63, 3.8) is 0 Å². The van der Waals surface area contributed by atoms with Gasteiger partial charge in [0.15, 0.2) is 0 Å². The van der Waals surface area contributed by atoms with Crippen molar-refractivity contribution in [1.29, 1.82) is 0 Å². The van der Waals surface area contributed by atoms with Gasteiger partial charge in [0.05, 0.1) is 37.3 Å². The fourth-order valence-electron chi connectivity index (χ4n) is 2.85. The van der Waals surface area contributed by atoms with E-state index in [1.165, 1.54) is 32.4 Å². The average molecular weight is 321 g/mol. The summed E-state index contributed by atoms with van der Waals surface area (Å²) < 4.78 is 9.80. The molecule has 23 heavy (non-hydrogen) atoms. The summed E-state index contributed by atoms with van der Waals surface area (Å²) >= 11 is 0. The van der Waals surface area contributed by atoms with Crippen LogP contribution in [0.1, 0.15) is 24.2 Å². The van der Waals surface area contributed by atoms with Crippen molar-refractivity contribution < 1.29 is 29.0 Å². The molecule has 1 saturated carbocycles. The molecule has 0 bridgehead atoms. The van der Waals surface area contributed by atoms with Gasteiger partial charge in [-0.25, -0.2) is 4.79 Å². The van der Waals surface area contributed by atoms with Crippen LogP contribution in [0.3, 0.4) is 0 Å². The van der Waals surface area contributed by atoms with Crippen LogP contribution in [0.5, 0.6) is 5.75 Å². The molecular weight excluding hydrogens is 302 g/mol. The number of hydrogen-bond acceptors (Lipinski definition) is 5. The van der Waals surface area contributed by atoms with Gasteiger partial charge in [-0.1, -0.05) is 13.8 Å². The topological polar surface area (TPSA) is 102 Å². The highest BCUT2D eigenvalue weighted by atomic mass is 16.5. The quantitative estimate of drug-likeness (QED) is 0.802. The molecule has 0 aliphatic heterocycles. The molecule has 1 aliphatic carbocycles. The number of esters is 1. The summed E-state index contributed by atoms with van der Waals surface area (Å²) in [4.78, 5) is 35.2. The maximum atomic E-state index is 12.4. The van der Waals surface area contributed by atoms with Gasteiger partial charge in [-0.2, -0.15) is 0 Å². The maximum Gasteiger partial charge on any atom is 0.337 e. The fourth-order valence-corrected chi connectivity index (χ4v) is 2.85. The number of carbonyl (C=O) groups is 3. The Morgan fingerprint density at radius 3 is 2.30 bits per heavy atom. The lowest BCUT2D eigenvalue weighted by molar-refractivity contribution is -0.140. The number of anilines is 1. The maximum absolute atomic E-state index is 12.4. The molecule has 7 heteroatoms. The number of rotatable bonds is 5. The Kier molecular flexibility index (Phi) is 4.31. The highest BCUT2D eigenvalue weighted by Gasteiger charge is 2.65. The molecule has 2 N–H and O–H groups in total. The molecule has 1 aromatic carbocycles. The second-order valence-corrected chi connectivity index (χ2v) is 6.01. The summed E-state index contributed by atoms with van der Waals surface area (Å²) in [7, 11) is 2.69. The van der Waals surface area contributed by atoms with Crippen LogP contribution in [0.15, 0.2) is 18.2 Å². The van der Waals surface area contributed by atoms with Crippen molar-refractivity contribution in [1.82, 2.24) is 0 Å². The van der Waals surface area contributed by atoms with E-state index in [2.05, 4.69) is 10.1 Å². The Bertz CT molecular complexity index is 667. The lowest BCUT2D eigenvalue weighted by Crippen LogP contribution is -2.18. The number of carboxylic acids is 1. The van der Waals surface area contributed by atoms with Crippen LogP contribution in [0.2, 0.25) is 0 Å². The molecule has 0 unspecified atom stereocenters. The molecule has 0 saturated heterocycles. The number of ether oxygens (including phenoxy) is 2. The van der Waals surface area contributed by atoms with Gasteiger partial charge in [0.25, 0.3) is 0 Å². The van der Waals surface area contributed by atoms with Gasteiger partial charge in [0, 0.05) is 0 Å². The molecule has 7 nitrogen and oxygen atoms in total. The molecule has 0 aromatic heterocycles. The van der Waals surface area contributed by atoms with Crippen LogP contribution in [-0.4, -0.2) is 37.2 Å². The van der Waals surface area contributed by atoms with Crippen molar-refractivity contribution in [3.05, 3.63) is 23.8 Å². The smallest absolute Gasteiger partial charge is 0.337 e. The van der Waals surface area contributed by atoms with E-state index in [9.17, 15) is 14.4 Å². The van der Waals surface area contributed by atoms with E-state index >= 15 is 0 Å². The van der Waals surface area contributed by atoms with Gasteiger partial charge in [-0.05, 0) is 23.6 Å². The lowest BCUT2D eigenvalue weighted by atomic mass is 10.1. The lowest BCUT2D eigenvalue weighted by Gasteiger charge is -2.12. The zero-order valence-corrected chi connectivity index (χ0v) is 13.4. The van der Waals surface area contributed by atoms with Gasteiger partial charge in [-0.15, -0.1) is 0 Å². The first kappa shape index (κ1) is 16.8. The fraction of sp³-hybridized carbons (Fsp3) is 0.438. The van der Waals surface area contributed by atoms with E-state index in [0.717, 1.165) is 0 Å². The molecule has 1 aromatic rings. The number of carbonyl (C=O) groups excluding carboxylic acids is 2. The molecule has 0 radical (unpaired) electrons. The second-order valence-electron chi connectivity index (χ2n) is 6.01. The Morgan fingerprint density at radius 2 is 1.83 bits per heavy atom. The van der Waals surface area contributed by atoms with Gasteiger partial charge in [0.1, 0.15) is 5.75 Å². The summed E-state index contributed by atoms with van der Waals surface area (Å²) in [6, 6.07) is 4.49. The number of carboxylic acid groups (broad SMARTS) is 1. The second kappa shape index (κ2) is 5.91. The third-order valence-electron chi connectivity index (χ3n) is 4.25. The Balaban J connectivity index is 2.24. The summed E-state index contributed by atoms with van der Waals surface area (Å²) in [5.74, 6) is -2.94. The van der Waals surface area contributed by atoms with Crippen molar-refractivity contribution in [2.24, 2.45) is 17.3 Å². The number of amides is 1. The van der Waals surface area contributed by atoms with Crippen LogP contribution in [-0.2, 0) is 14.3 Å². The largest absolute Gasteiger partial charge is 0.495 e. The first-order valence-corrected chi connectivity index (χ1v) is 7.04. The van der Waals surface area contributed by atoms with Crippen molar-refractivity contribution >= 4 is 23.5 Å². The third kappa shape index (κ3) is 2.99. The van der Waals surface area contributed by atoms with Gasteiger partial charge in [0.2, 0.25) is 5.91 Å². The third-order valence-corrected chi connectivity index (χ3v) is 4.25. The van der Waals surface area contributed by atoms with Crippen LogP contribution in [0.4, 0.5) is 5.69 Å². The molecule has 2 atom stereocenters.